The molecular formula is C15H15N3S. The standard InChI is InChI=1S/C15H15N3S/c1-10(12-5-6-19-9-12)17-15-13(8-16)7-11-3-2-4-14(11)18-15/h5-7,9-10H,2-4H2,1H3,(H,17,18). The van der Waals surface area contributed by atoms with Gasteiger partial charge in [-0.25, -0.2) is 4.98 Å². The van der Waals surface area contributed by atoms with Gasteiger partial charge in [0.05, 0.1) is 11.6 Å². The third kappa shape index (κ3) is 2.34. The molecule has 96 valence electrons. The van der Waals surface area contributed by atoms with Crippen molar-refractivity contribution >= 4 is 17.2 Å². The Morgan fingerprint density at radius 3 is 3.11 bits per heavy atom. The van der Waals surface area contributed by atoms with Crippen molar-refractivity contribution in [3.05, 3.63) is 45.3 Å². The molecule has 0 fully saturated rings. The van der Waals surface area contributed by atoms with E-state index in [0.717, 1.165) is 30.8 Å². The largest absolute Gasteiger partial charge is 0.362 e. The van der Waals surface area contributed by atoms with E-state index in [4.69, 9.17) is 0 Å². The van der Waals surface area contributed by atoms with Crippen LogP contribution in [0.5, 0.6) is 0 Å². The Kier molecular flexibility index (Phi) is 3.22. The van der Waals surface area contributed by atoms with Gasteiger partial charge in [-0.1, -0.05) is 0 Å². The van der Waals surface area contributed by atoms with Crippen molar-refractivity contribution in [2.75, 3.05) is 5.32 Å². The lowest BCUT2D eigenvalue weighted by Gasteiger charge is -2.15. The highest BCUT2D eigenvalue weighted by Gasteiger charge is 2.17. The van der Waals surface area contributed by atoms with Crippen molar-refractivity contribution in [1.82, 2.24) is 4.98 Å². The molecule has 0 bridgehead atoms. The fourth-order valence-corrected chi connectivity index (χ4v) is 3.23. The summed E-state index contributed by atoms with van der Waals surface area (Å²) in [5.74, 6) is 0.724. The van der Waals surface area contributed by atoms with Crippen molar-refractivity contribution in [1.29, 1.82) is 5.26 Å². The molecule has 19 heavy (non-hydrogen) atoms. The molecule has 2 aromatic heterocycles. The Morgan fingerprint density at radius 1 is 1.47 bits per heavy atom. The van der Waals surface area contributed by atoms with Crippen LogP contribution in [0, 0.1) is 11.3 Å². The minimum absolute atomic E-state index is 0.172. The molecule has 3 rings (SSSR count). The highest BCUT2D eigenvalue weighted by Crippen LogP contribution is 2.27. The van der Waals surface area contributed by atoms with E-state index in [0.29, 0.717) is 5.56 Å². The van der Waals surface area contributed by atoms with Crippen LogP contribution in [0.4, 0.5) is 5.82 Å². The van der Waals surface area contributed by atoms with Crippen LogP contribution >= 0.6 is 11.3 Å². The minimum Gasteiger partial charge on any atom is -0.362 e. The number of pyridine rings is 1. The fourth-order valence-electron chi connectivity index (χ4n) is 2.48. The van der Waals surface area contributed by atoms with Crippen molar-refractivity contribution in [2.45, 2.75) is 32.2 Å². The lowest BCUT2D eigenvalue weighted by Crippen LogP contribution is -2.09. The molecule has 0 saturated heterocycles. The summed E-state index contributed by atoms with van der Waals surface area (Å²) < 4.78 is 0. The van der Waals surface area contributed by atoms with Gasteiger partial charge in [0.1, 0.15) is 11.9 Å². The number of thiophene rings is 1. The Balaban J connectivity index is 1.90. The normalized spacial score (nSPS) is 14.7. The molecule has 0 aliphatic heterocycles. The van der Waals surface area contributed by atoms with Crippen LogP contribution in [0.3, 0.4) is 0 Å². The van der Waals surface area contributed by atoms with Crippen molar-refractivity contribution in [3.63, 3.8) is 0 Å². The molecule has 1 unspecified atom stereocenters. The molecule has 4 heteroatoms. The Morgan fingerprint density at radius 2 is 2.37 bits per heavy atom. The molecule has 0 aromatic carbocycles. The first-order chi connectivity index (χ1) is 9.28. The van der Waals surface area contributed by atoms with Gasteiger partial charge in [-0.3, -0.25) is 0 Å². The average molecular weight is 269 g/mol. The zero-order chi connectivity index (χ0) is 13.2. The van der Waals surface area contributed by atoms with Crippen molar-refractivity contribution in [2.24, 2.45) is 0 Å². The Bertz CT molecular complexity index is 626. The number of fused-ring (bicyclic) bond motifs is 1. The van der Waals surface area contributed by atoms with Crippen LogP contribution < -0.4 is 5.32 Å². The molecule has 3 nitrogen and oxygen atoms in total. The summed E-state index contributed by atoms with van der Waals surface area (Å²) in [4.78, 5) is 4.64. The smallest absolute Gasteiger partial charge is 0.144 e. The summed E-state index contributed by atoms with van der Waals surface area (Å²) in [5, 5.41) is 16.8. The zero-order valence-electron chi connectivity index (χ0n) is 10.8. The molecule has 1 aliphatic carbocycles. The fraction of sp³-hybridized carbons (Fsp3) is 0.333. The lowest BCUT2D eigenvalue weighted by molar-refractivity contribution is 0.869. The van der Waals surface area contributed by atoms with E-state index in [-0.39, 0.29) is 6.04 Å². The molecule has 0 amide bonds. The van der Waals surface area contributed by atoms with Gasteiger partial charge in [-0.15, -0.1) is 0 Å². The van der Waals surface area contributed by atoms with Crippen LogP contribution in [0.2, 0.25) is 0 Å². The molecule has 1 aliphatic rings. The van der Waals surface area contributed by atoms with E-state index in [9.17, 15) is 5.26 Å². The quantitative estimate of drug-likeness (QED) is 0.924. The number of nitrogens with zero attached hydrogens (tertiary/aromatic N) is 2. The second-order valence-electron chi connectivity index (χ2n) is 4.88. The highest BCUT2D eigenvalue weighted by atomic mass is 32.1. The molecular weight excluding hydrogens is 254 g/mol. The van der Waals surface area contributed by atoms with Crippen molar-refractivity contribution in [3.8, 4) is 6.07 Å². The van der Waals surface area contributed by atoms with Gasteiger partial charge < -0.3 is 5.32 Å². The summed E-state index contributed by atoms with van der Waals surface area (Å²) in [6.45, 7) is 2.10. The second kappa shape index (κ2) is 5.02. The summed E-state index contributed by atoms with van der Waals surface area (Å²) in [5.41, 5.74) is 4.28. The van der Waals surface area contributed by atoms with Crippen LogP contribution in [-0.4, -0.2) is 4.98 Å². The van der Waals surface area contributed by atoms with Crippen molar-refractivity contribution < 1.29 is 0 Å². The maximum absolute atomic E-state index is 9.27. The van der Waals surface area contributed by atoms with E-state index in [1.807, 2.05) is 6.07 Å². The van der Waals surface area contributed by atoms with Crippen LogP contribution in [0.25, 0.3) is 0 Å². The predicted molar refractivity (Wildman–Crippen MR) is 77.3 cm³/mol. The van der Waals surface area contributed by atoms with Gasteiger partial charge in [-0.2, -0.15) is 16.6 Å². The molecule has 2 heterocycles. The monoisotopic (exact) mass is 269 g/mol. The van der Waals surface area contributed by atoms with Gasteiger partial charge in [0, 0.05) is 5.69 Å². The predicted octanol–water partition coefficient (Wildman–Crippen LogP) is 3.68. The number of rotatable bonds is 3. The number of aryl methyl sites for hydroxylation is 2. The topological polar surface area (TPSA) is 48.7 Å². The molecule has 1 atom stereocenters. The second-order valence-corrected chi connectivity index (χ2v) is 5.66. The summed E-state index contributed by atoms with van der Waals surface area (Å²) >= 11 is 1.68. The molecule has 1 N–H and O–H groups in total. The SMILES string of the molecule is CC(Nc1nc2c(cc1C#N)CCC2)c1ccsc1. The number of nitriles is 1. The first kappa shape index (κ1) is 12.2. The zero-order valence-corrected chi connectivity index (χ0v) is 11.6. The highest BCUT2D eigenvalue weighted by molar-refractivity contribution is 7.07. The Hall–Kier alpha value is -1.86. The third-order valence-electron chi connectivity index (χ3n) is 3.57. The average Bonchev–Trinajstić information content (AvgIpc) is 3.08. The van der Waals surface area contributed by atoms with Gasteiger partial charge in [0.25, 0.3) is 0 Å². The first-order valence-electron chi connectivity index (χ1n) is 6.49. The minimum atomic E-state index is 0.172. The maximum atomic E-state index is 9.27. The Labute approximate surface area is 116 Å². The molecule has 0 saturated carbocycles. The number of anilines is 1. The maximum Gasteiger partial charge on any atom is 0.144 e. The van der Waals surface area contributed by atoms with Gasteiger partial charge in [-0.05, 0) is 60.2 Å². The van der Waals surface area contributed by atoms with E-state index >= 15 is 0 Å². The third-order valence-corrected chi connectivity index (χ3v) is 4.27. The van der Waals surface area contributed by atoms with Crippen LogP contribution in [-0.2, 0) is 12.8 Å². The molecule has 2 aromatic rings. The molecule has 0 spiro atoms. The summed E-state index contributed by atoms with van der Waals surface area (Å²) in [6, 6.07) is 6.52. The van der Waals surface area contributed by atoms with E-state index in [2.05, 4.69) is 40.1 Å². The van der Waals surface area contributed by atoms with E-state index in [1.165, 1.54) is 11.1 Å². The van der Waals surface area contributed by atoms with E-state index in [1.54, 1.807) is 11.3 Å². The van der Waals surface area contributed by atoms with Gasteiger partial charge in [0.2, 0.25) is 0 Å². The van der Waals surface area contributed by atoms with Gasteiger partial charge in [0.15, 0.2) is 0 Å². The van der Waals surface area contributed by atoms with Gasteiger partial charge >= 0.3 is 0 Å². The summed E-state index contributed by atoms with van der Waals surface area (Å²) in [7, 11) is 0. The summed E-state index contributed by atoms with van der Waals surface area (Å²) in [6.07, 6.45) is 3.23. The number of nitrogens with one attached hydrogen (secondary N) is 1. The number of hydrogen-bond donors (Lipinski definition) is 1. The number of hydrogen-bond acceptors (Lipinski definition) is 4. The first-order valence-corrected chi connectivity index (χ1v) is 7.43. The van der Waals surface area contributed by atoms with Crippen LogP contribution in [0.1, 0.15) is 41.8 Å². The lowest BCUT2D eigenvalue weighted by atomic mass is 10.1. The number of aromatic nitrogens is 1. The molecule has 0 radical (unpaired) electrons. The van der Waals surface area contributed by atoms with E-state index < -0.39 is 0 Å². The van der Waals surface area contributed by atoms with Crippen LogP contribution in [0.15, 0.2) is 22.9 Å².